The van der Waals surface area contributed by atoms with E-state index in [1.165, 1.54) is 5.56 Å². The van der Waals surface area contributed by atoms with E-state index in [2.05, 4.69) is 23.2 Å². The summed E-state index contributed by atoms with van der Waals surface area (Å²) in [5.74, 6) is -0.206. The van der Waals surface area contributed by atoms with Gasteiger partial charge in [0.25, 0.3) is 0 Å². The molecule has 1 aromatic heterocycles. The van der Waals surface area contributed by atoms with Crippen molar-refractivity contribution in [3.05, 3.63) is 77.2 Å². The SMILES string of the molecule is CCOC(=O)/C(=C\c1ccc2[nH]c(Cc3ccccc3)cc2c1)OCC. The molecule has 4 heteroatoms. The van der Waals surface area contributed by atoms with E-state index in [9.17, 15) is 4.79 Å². The van der Waals surface area contributed by atoms with E-state index < -0.39 is 5.97 Å². The molecule has 0 unspecified atom stereocenters. The van der Waals surface area contributed by atoms with Crippen molar-refractivity contribution in [1.82, 2.24) is 4.98 Å². The minimum Gasteiger partial charge on any atom is -0.487 e. The Balaban J connectivity index is 1.86. The molecule has 1 N–H and O–H groups in total. The van der Waals surface area contributed by atoms with Gasteiger partial charge in [-0.3, -0.25) is 0 Å². The first kappa shape index (κ1) is 17.8. The molecule has 0 aliphatic rings. The van der Waals surface area contributed by atoms with E-state index >= 15 is 0 Å². The Morgan fingerprint density at radius 1 is 1.00 bits per heavy atom. The molecule has 0 aliphatic carbocycles. The van der Waals surface area contributed by atoms with Gasteiger partial charge >= 0.3 is 5.97 Å². The summed E-state index contributed by atoms with van der Waals surface area (Å²) in [6.07, 6.45) is 2.58. The van der Waals surface area contributed by atoms with Gasteiger partial charge in [0.05, 0.1) is 13.2 Å². The largest absolute Gasteiger partial charge is 0.487 e. The quantitative estimate of drug-likeness (QED) is 0.382. The van der Waals surface area contributed by atoms with Crippen molar-refractivity contribution in [3.8, 4) is 0 Å². The predicted molar refractivity (Wildman–Crippen MR) is 104 cm³/mol. The van der Waals surface area contributed by atoms with Crippen LogP contribution in [0.15, 0.2) is 60.4 Å². The molecule has 2 aromatic carbocycles. The lowest BCUT2D eigenvalue weighted by atomic mass is 10.1. The summed E-state index contributed by atoms with van der Waals surface area (Å²) in [5.41, 5.74) is 4.39. The first-order valence-corrected chi connectivity index (χ1v) is 8.86. The molecule has 1 heterocycles. The summed E-state index contributed by atoms with van der Waals surface area (Å²) in [6, 6.07) is 18.5. The van der Waals surface area contributed by atoms with Gasteiger partial charge < -0.3 is 14.5 Å². The number of nitrogens with one attached hydrogen (secondary N) is 1. The molecular weight excluding hydrogens is 326 g/mol. The van der Waals surface area contributed by atoms with Crippen LogP contribution in [-0.2, 0) is 20.7 Å². The molecule has 3 rings (SSSR count). The number of hydrogen-bond acceptors (Lipinski definition) is 3. The van der Waals surface area contributed by atoms with Crippen LogP contribution in [0.4, 0.5) is 0 Å². The van der Waals surface area contributed by atoms with E-state index in [4.69, 9.17) is 9.47 Å². The number of esters is 1. The fraction of sp³-hybridized carbons (Fsp3) is 0.227. The molecule has 0 bridgehead atoms. The second-order valence-corrected chi connectivity index (χ2v) is 5.97. The van der Waals surface area contributed by atoms with Crippen LogP contribution in [0.5, 0.6) is 0 Å². The van der Waals surface area contributed by atoms with Gasteiger partial charge in [0.15, 0.2) is 0 Å². The summed E-state index contributed by atoms with van der Waals surface area (Å²) in [6.45, 7) is 4.36. The highest BCUT2D eigenvalue weighted by atomic mass is 16.6. The number of rotatable bonds is 7. The minimum atomic E-state index is -0.437. The number of hydrogen-bond donors (Lipinski definition) is 1. The summed E-state index contributed by atoms with van der Waals surface area (Å²) >= 11 is 0. The van der Waals surface area contributed by atoms with Gasteiger partial charge in [0, 0.05) is 23.0 Å². The number of carbonyl (C=O) groups is 1. The van der Waals surface area contributed by atoms with Gasteiger partial charge in [-0.1, -0.05) is 36.4 Å². The molecule has 0 spiro atoms. The van der Waals surface area contributed by atoms with Gasteiger partial charge in [0.1, 0.15) is 0 Å². The van der Waals surface area contributed by atoms with E-state index in [0.717, 1.165) is 28.6 Å². The number of benzene rings is 2. The van der Waals surface area contributed by atoms with Gasteiger partial charge in [-0.25, -0.2) is 4.79 Å². The van der Waals surface area contributed by atoms with Crippen LogP contribution in [-0.4, -0.2) is 24.2 Å². The molecule has 0 saturated carbocycles. The van der Waals surface area contributed by atoms with Crippen LogP contribution >= 0.6 is 0 Å². The number of aromatic nitrogens is 1. The molecule has 0 radical (unpaired) electrons. The molecule has 0 amide bonds. The maximum atomic E-state index is 12.0. The Morgan fingerprint density at radius 2 is 1.77 bits per heavy atom. The fourth-order valence-corrected chi connectivity index (χ4v) is 2.88. The molecule has 134 valence electrons. The van der Waals surface area contributed by atoms with E-state index in [1.54, 1.807) is 13.0 Å². The van der Waals surface area contributed by atoms with Crippen LogP contribution in [0.3, 0.4) is 0 Å². The second-order valence-electron chi connectivity index (χ2n) is 5.97. The van der Waals surface area contributed by atoms with Crippen LogP contribution in [0.2, 0.25) is 0 Å². The fourth-order valence-electron chi connectivity index (χ4n) is 2.88. The van der Waals surface area contributed by atoms with Gasteiger partial charge in [0.2, 0.25) is 5.76 Å². The van der Waals surface area contributed by atoms with Crippen LogP contribution in [0, 0.1) is 0 Å². The van der Waals surface area contributed by atoms with Crippen molar-refractivity contribution in [2.24, 2.45) is 0 Å². The maximum absolute atomic E-state index is 12.0. The first-order chi connectivity index (χ1) is 12.7. The lowest BCUT2D eigenvalue weighted by molar-refractivity contribution is -0.142. The van der Waals surface area contributed by atoms with Crippen molar-refractivity contribution in [2.75, 3.05) is 13.2 Å². The average molecular weight is 349 g/mol. The van der Waals surface area contributed by atoms with Crippen molar-refractivity contribution in [2.45, 2.75) is 20.3 Å². The summed E-state index contributed by atoms with van der Waals surface area (Å²) in [5, 5.41) is 1.10. The number of ether oxygens (including phenoxy) is 2. The Kier molecular flexibility index (Phi) is 5.74. The van der Waals surface area contributed by atoms with Crippen molar-refractivity contribution >= 4 is 22.9 Å². The highest BCUT2D eigenvalue weighted by Crippen LogP contribution is 2.21. The molecule has 0 aliphatic heterocycles. The number of H-pyrrole nitrogens is 1. The second kappa shape index (κ2) is 8.39. The summed E-state index contributed by atoms with van der Waals surface area (Å²) in [4.78, 5) is 15.4. The van der Waals surface area contributed by atoms with Gasteiger partial charge in [-0.2, -0.15) is 0 Å². The van der Waals surface area contributed by atoms with Crippen LogP contribution in [0.1, 0.15) is 30.7 Å². The Labute approximate surface area is 153 Å². The normalized spacial score (nSPS) is 11.5. The van der Waals surface area contributed by atoms with E-state index in [-0.39, 0.29) is 5.76 Å². The smallest absolute Gasteiger partial charge is 0.373 e. The lowest BCUT2D eigenvalue weighted by Crippen LogP contribution is -2.10. The van der Waals surface area contributed by atoms with E-state index in [0.29, 0.717) is 13.2 Å². The molecule has 26 heavy (non-hydrogen) atoms. The van der Waals surface area contributed by atoms with Crippen molar-refractivity contribution in [1.29, 1.82) is 0 Å². The molecule has 0 atom stereocenters. The third kappa shape index (κ3) is 4.33. The predicted octanol–water partition coefficient (Wildman–Crippen LogP) is 4.70. The zero-order valence-electron chi connectivity index (χ0n) is 15.1. The lowest BCUT2D eigenvalue weighted by Gasteiger charge is -2.07. The monoisotopic (exact) mass is 349 g/mol. The zero-order chi connectivity index (χ0) is 18.4. The molecular formula is C22H23NO3. The highest BCUT2D eigenvalue weighted by Gasteiger charge is 2.12. The molecule has 0 saturated heterocycles. The van der Waals surface area contributed by atoms with Crippen LogP contribution in [0.25, 0.3) is 17.0 Å². The molecule has 4 nitrogen and oxygen atoms in total. The first-order valence-electron chi connectivity index (χ1n) is 8.86. The van der Waals surface area contributed by atoms with Crippen molar-refractivity contribution in [3.63, 3.8) is 0 Å². The highest BCUT2D eigenvalue weighted by molar-refractivity contribution is 5.92. The molecule has 0 fully saturated rings. The van der Waals surface area contributed by atoms with Crippen molar-refractivity contribution < 1.29 is 14.3 Å². The third-order valence-electron chi connectivity index (χ3n) is 4.01. The Bertz CT molecular complexity index is 910. The Morgan fingerprint density at radius 3 is 2.50 bits per heavy atom. The topological polar surface area (TPSA) is 51.3 Å². The third-order valence-corrected chi connectivity index (χ3v) is 4.01. The standard InChI is InChI=1S/C22H23NO3/c1-3-25-21(22(24)26-4-2)14-17-10-11-20-18(12-17)15-19(23-20)13-16-8-6-5-7-9-16/h5-12,14-15,23H,3-4,13H2,1-2H3/b21-14+. The number of aromatic amines is 1. The summed E-state index contributed by atoms with van der Waals surface area (Å²) < 4.78 is 10.5. The minimum absolute atomic E-state index is 0.230. The molecule has 3 aromatic rings. The Hall–Kier alpha value is -3.01. The zero-order valence-corrected chi connectivity index (χ0v) is 15.1. The number of carbonyl (C=O) groups excluding carboxylic acids is 1. The van der Waals surface area contributed by atoms with Gasteiger partial charge in [-0.15, -0.1) is 0 Å². The summed E-state index contributed by atoms with van der Waals surface area (Å²) in [7, 11) is 0. The van der Waals surface area contributed by atoms with Crippen LogP contribution < -0.4 is 0 Å². The van der Waals surface area contributed by atoms with E-state index in [1.807, 2.05) is 43.3 Å². The maximum Gasteiger partial charge on any atom is 0.373 e. The number of fused-ring (bicyclic) bond motifs is 1. The van der Waals surface area contributed by atoms with Gasteiger partial charge in [-0.05, 0) is 49.2 Å². The average Bonchev–Trinajstić information content (AvgIpc) is 3.04.